The number of hydrazine groups is 1. The van der Waals surface area contributed by atoms with E-state index < -0.39 is 23.6 Å². The lowest BCUT2D eigenvalue weighted by Crippen LogP contribution is -2.46. The van der Waals surface area contributed by atoms with E-state index in [1.165, 1.54) is 4.90 Å². The maximum absolute atomic E-state index is 12.7. The molecule has 0 radical (unpaired) electrons. The van der Waals surface area contributed by atoms with Gasteiger partial charge in [-0.05, 0) is 37.6 Å². The van der Waals surface area contributed by atoms with Crippen molar-refractivity contribution >= 4 is 57.6 Å². The van der Waals surface area contributed by atoms with Crippen LogP contribution in [-0.2, 0) is 9.59 Å². The maximum atomic E-state index is 12.7. The van der Waals surface area contributed by atoms with E-state index >= 15 is 0 Å². The van der Waals surface area contributed by atoms with Crippen molar-refractivity contribution < 1.29 is 18.8 Å². The number of rotatable bonds is 3. The summed E-state index contributed by atoms with van der Waals surface area (Å²) in [6.07, 6.45) is 0.285. The molecule has 30 heavy (non-hydrogen) atoms. The summed E-state index contributed by atoms with van der Waals surface area (Å²) < 4.78 is 5.57. The molecule has 1 aromatic heterocycles. The number of hydrogen-bond donors (Lipinski definition) is 2. The fourth-order valence-corrected chi connectivity index (χ4v) is 3.89. The zero-order valence-electron chi connectivity index (χ0n) is 15.9. The summed E-state index contributed by atoms with van der Waals surface area (Å²) in [5.41, 5.74) is 6.33. The number of aryl methyl sites for hydroxylation is 1. The Kier molecular flexibility index (Phi) is 5.40. The Morgan fingerprint density at radius 3 is 2.67 bits per heavy atom. The first-order chi connectivity index (χ1) is 14.4. The maximum Gasteiger partial charge on any atom is 0.305 e. The Bertz CT molecular complexity index is 1170. The average molecular weight is 446 g/mol. The van der Waals surface area contributed by atoms with Crippen molar-refractivity contribution in [1.82, 2.24) is 10.9 Å². The molecule has 3 aromatic rings. The average Bonchev–Trinajstić information content (AvgIpc) is 3.28. The van der Waals surface area contributed by atoms with Crippen molar-refractivity contribution in [1.29, 1.82) is 0 Å². The fraction of sp³-hybridized carbons (Fsp3) is 0.190. The van der Waals surface area contributed by atoms with Crippen LogP contribution in [0.15, 0.2) is 46.9 Å². The van der Waals surface area contributed by atoms with E-state index in [2.05, 4.69) is 10.9 Å². The molecule has 1 fully saturated rings. The van der Waals surface area contributed by atoms with Gasteiger partial charge in [0.15, 0.2) is 5.76 Å². The number of nitrogens with one attached hydrogen (secondary N) is 2. The highest BCUT2D eigenvalue weighted by atomic mass is 35.5. The first-order valence-electron chi connectivity index (χ1n) is 9.21. The van der Waals surface area contributed by atoms with Gasteiger partial charge in [-0.3, -0.25) is 25.2 Å². The first-order valence-corrected chi connectivity index (χ1v) is 9.97. The third-order valence-electron chi connectivity index (χ3n) is 5.07. The molecular formula is C21H17Cl2N3O4. The van der Waals surface area contributed by atoms with Crippen molar-refractivity contribution in [2.24, 2.45) is 5.92 Å². The summed E-state index contributed by atoms with van der Waals surface area (Å²) >= 11 is 12.2. The third-order valence-corrected chi connectivity index (χ3v) is 5.62. The molecule has 7 nitrogen and oxygen atoms in total. The Morgan fingerprint density at radius 2 is 1.90 bits per heavy atom. The van der Waals surface area contributed by atoms with Gasteiger partial charge in [0.25, 0.3) is 5.91 Å². The van der Waals surface area contributed by atoms with Crippen molar-refractivity contribution in [3.63, 3.8) is 0 Å². The second-order valence-electron chi connectivity index (χ2n) is 6.92. The van der Waals surface area contributed by atoms with Crippen LogP contribution >= 0.6 is 23.2 Å². The van der Waals surface area contributed by atoms with Gasteiger partial charge in [-0.1, -0.05) is 41.4 Å². The highest BCUT2D eigenvalue weighted by Gasteiger charge is 2.38. The van der Waals surface area contributed by atoms with Crippen LogP contribution in [0.25, 0.3) is 11.0 Å². The molecule has 0 saturated carbocycles. The van der Waals surface area contributed by atoms with E-state index in [4.69, 9.17) is 27.6 Å². The van der Waals surface area contributed by atoms with Gasteiger partial charge in [0.05, 0.1) is 10.7 Å². The zero-order chi connectivity index (χ0) is 21.4. The molecular weight excluding hydrogens is 429 g/mol. The minimum Gasteiger partial charge on any atom is -0.451 e. The summed E-state index contributed by atoms with van der Waals surface area (Å²) in [6.45, 7) is 2.07. The van der Waals surface area contributed by atoms with Crippen LogP contribution in [-0.4, -0.2) is 24.3 Å². The summed E-state index contributed by atoms with van der Waals surface area (Å²) in [5, 5.41) is 1.61. The van der Waals surface area contributed by atoms with Gasteiger partial charge in [-0.15, -0.1) is 0 Å². The summed E-state index contributed by atoms with van der Waals surface area (Å²) in [6, 6.07) is 12.0. The fourth-order valence-electron chi connectivity index (χ4n) is 3.51. The molecule has 4 rings (SSSR count). The molecule has 154 valence electrons. The molecule has 2 aromatic carbocycles. The number of halogens is 2. The standard InChI is InChI=1S/C21H17Cl2N3O4/c1-11-13-4-2-3-5-17(13)30-18(11)20(28)25-24-19(27)14-8-9-26(21(14)29)16-10-12(22)6-7-15(16)23/h2-7,10,14H,8-9H2,1H3,(H,24,27)(H,25,28). The van der Waals surface area contributed by atoms with Crippen molar-refractivity contribution in [3.05, 3.63) is 63.8 Å². The molecule has 2 N–H and O–H groups in total. The lowest BCUT2D eigenvalue weighted by molar-refractivity contribution is -0.132. The van der Waals surface area contributed by atoms with Gasteiger partial charge in [0, 0.05) is 22.5 Å². The zero-order valence-corrected chi connectivity index (χ0v) is 17.4. The van der Waals surface area contributed by atoms with Crippen LogP contribution in [0.4, 0.5) is 5.69 Å². The number of hydrogen-bond acceptors (Lipinski definition) is 4. The first kappa shape index (κ1) is 20.3. The van der Waals surface area contributed by atoms with Crippen LogP contribution in [0.5, 0.6) is 0 Å². The SMILES string of the molecule is Cc1c(C(=O)NNC(=O)C2CCN(c3cc(Cl)ccc3Cl)C2=O)oc2ccccc12. The number of carbonyl (C=O) groups excluding carboxylic acids is 3. The number of benzene rings is 2. The summed E-state index contributed by atoms with van der Waals surface area (Å²) in [4.78, 5) is 39.1. The van der Waals surface area contributed by atoms with Crippen molar-refractivity contribution in [2.45, 2.75) is 13.3 Å². The number of amides is 3. The second kappa shape index (κ2) is 8.01. The smallest absolute Gasteiger partial charge is 0.305 e. The van der Waals surface area contributed by atoms with Gasteiger partial charge in [0.1, 0.15) is 11.5 Å². The van der Waals surface area contributed by atoms with Gasteiger partial charge in [0.2, 0.25) is 5.91 Å². The molecule has 1 atom stereocenters. The number of fused-ring (bicyclic) bond motifs is 1. The van der Waals surface area contributed by atoms with Crippen molar-refractivity contribution in [3.8, 4) is 0 Å². The monoisotopic (exact) mass is 445 g/mol. The van der Waals surface area contributed by atoms with Crippen LogP contribution < -0.4 is 15.8 Å². The topological polar surface area (TPSA) is 91.7 Å². The molecule has 1 aliphatic heterocycles. The molecule has 9 heteroatoms. The number of para-hydroxylation sites is 1. The minimum absolute atomic E-state index is 0.0987. The molecule has 1 saturated heterocycles. The predicted octanol–water partition coefficient (Wildman–Crippen LogP) is 3.86. The molecule has 0 bridgehead atoms. The van der Waals surface area contributed by atoms with E-state index in [0.29, 0.717) is 33.4 Å². The number of anilines is 1. The Hall–Kier alpha value is -3.03. The lowest BCUT2D eigenvalue weighted by Gasteiger charge is -2.18. The highest BCUT2D eigenvalue weighted by Crippen LogP contribution is 2.33. The molecule has 0 spiro atoms. The largest absolute Gasteiger partial charge is 0.451 e. The Labute approximate surface area is 181 Å². The van der Waals surface area contributed by atoms with Crippen LogP contribution in [0.1, 0.15) is 22.5 Å². The highest BCUT2D eigenvalue weighted by molar-refractivity contribution is 6.36. The Balaban J connectivity index is 1.43. The van der Waals surface area contributed by atoms with E-state index in [0.717, 1.165) is 5.39 Å². The number of nitrogens with zero attached hydrogens (tertiary/aromatic N) is 1. The Morgan fingerprint density at radius 1 is 1.13 bits per heavy atom. The molecule has 2 heterocycles. The van der Waals surface area contributed by atoms with Crippen LogP contribution in [0.2, 0.25) is 10.0 Å². The van der Waals surface area contributed by atoms with E-state index in [1.54, 1.807) is 37.3 Å². The predicted molar refractivity (Wildman–Crippen MR) is 113 cm³/mol. The van der Waals surface area contributed by atoms with Gasteiger partial charge < -0.3 is 9.32 Å². The lowest BCUT2D eigenvalue weighted by atomic mass is 10.1. The van der Waals surface area contributed by atoms with Crippen LogP contribution in [0.3, 0.4) is 0 Å². The van der Waals surface area contributed by atoms with Crippen LogP contribution in [0, 0.1) is 12.8 Å². The quantitative estimate of drug-likeness (QED) is 0.472. The van der Waals surface area contributed by atoms with E-state index in [1.807, 2.05) is 12.1 Å². The normalized spacial score (nSPS) is 16.2. The van der Waals surface area contributed by atoms with Gasteiger partial charge in [-0.2, -0.15) is 0 Å². The van der Waals surface area contributed by atoms with E-state index in [9.17, 15) is 14.4 Å². The molecule has 1 aliphatic rings. The van der Waals surface area contributed by atoms with Gasteiger partial charge in [-0.25, -0.2) is 0 Å². The van der Waals surface area contributed by atoms with Crippen molar-refractivity contribution in [2.75, 3.05) is 11.4 Å². The molecule has 1 unspecified atom stereocenters. The second-order valence-corrected chi connectivity index (χ2v) is 7.77. The number of furan rings is 1. The number of carbonyl (C=O) groups is 3. The molecule has 0 aliphatic carbocycles. The van der Waals surface area contributed by atoms with Gasteiger partial charge >= 0.3 is 5.91 Å². The molecule has 3 amide bonds. The minimum atomic E-state index is -0.947. The summed E-state index contributed by atoms with van der Waals surface area (Å²) in [5.74, 6) is -2.47. The third kappa shape index (κ3) is 3.62. The summed E-state index contributed by atoms with van der Waals surface area (Å²) in [7, 11) is 0. The van der Waals surface area contributed by atoms with E-state index in [-0.39, 0.29) is 12.2 Å².